The first kappa shape index (κ1) is 20.6. The van der Waals surface area contributed by atoms with Gasteiger partial charge in [0.2, 0.25) is 11.8 Å². The van der Waals surface area contributed by atoms with Gasteiger partial charge in [-0.2, -0.15) is 5.10 Å². The quantitative estimate of drug-likeness (QED) is 0.581. The number of amides is 2. The summed E-state index contributed by atoms with van der Waals surface area (Å²) in [6.07, 6.45) is 4.80. The van der Waals surface area contributed by atoms with E-state index in [1.807, 2.05) is 48.7 Å². The molecule has 2 N–H and O–H groups in total. The van der Waals surface area contributed by atoms with Gasteiger partial charge in [-0.05, 0) is 41.5 Å². The Morgan fingerprint density at radius 2 is 1.90 bits per heavy atom. The largest absolute Gasteiger partial charge is 0.368 e. The molecule has 0 spiro atoms. The van der Waals surface area contributed by atoms with Crippen molar-refractivity contribution in [1.29, 1.82) is 0 Å². The van der Waals surface area contributed by atoms with E-state index in [-0.39, 0.29) is 13.1 Å². The second kappa shape index (κ2) is 9.41. The summed E-state index contributed by atoms with van der Waals surface area (Å²) in [6, 6.07) is 15.2. The molecule has 0 fully saturated rings. The number of nitrogens with zero attached hydrogens (tertiary/aromatic N) is 3. The lowest BCUT2D eigenvalue weighted by atomic mass is 10.1. The molecule has 0 saturated heterocycles. The highest BCUT2D eigenvalue weighted by molar-refractivity contribution is 6.31. The van der Waals surface area contributed by atoms with E-state index in [0.29, 0.717) is 5.02 Å². The monoisotopic (exact) mass is 428 g/mol. The van der Waals surface area contributed by atoms with Crippen LogP contribution in [-0.4, -0.2) is 33.0 Å². The molecular weight excluding hydrogens is 411 g/mol. The minimum atomic E-state index is -0.618. The topological polar surface area (TPSA) is 81.2 Å². The highest BCUT2D eigenvalue weighted by atomic mass is 35.5. The molecule has 0 saturated carbocycles. The summed E-state index contributed by atoms with van der Waals surface area (Å²) in [5.41, 5.74) is 9.75. The number of halogens is 2. The third-order valence-electron chi connectivity index (χ3n) is 4.13. The van der Waals surface area contributed by atoms with Crippen LogP contribution in [0.1, 0.15) is 5.56 Å². The lowest BCUT2D eigenvalue weighted by Crippen LogP contribution is -2.37. The fourth-order valence-electron chi connectivity index (χ4n) is 2.88. The SMILES string of the molecule is NC(=O)CN(Cc1cc(Cl)cc(-c2cnn(-c3ccccc3)c2)c1)C(=O)/C=C\Cl. The maximum absolute atomic E-state index is 12.2. The number of hydrogen-bond acceptors (Lipinski definition) is 3. The van der Waals surface area contributed by atoms with Gasteiger partial charge in [0.25, 0.3) is 0 Å². The molecule has 1 heterocycles. The molecule has 0 radical (unpaired) electrons. The molecule has 29 heavy (non-hydrogen) atoms. The first-order chi connectivity index (χ1) is 14.0. The van der Waals surface area contributed by atoms with Crippen molar-refractivity contribution in [3.05, 3.63) is 83.1 Å². The summed E-state index contributed by atoms with van der Waals surface area (Å²) in [6.45, 7) is -0.0722. The first-order valence-electron chi connectivity index (χ1n) is 8.70. The van der Waals surface area contributed by atoms with E-state index in [9.17, 15) is 9.59 Å². The summed E-state index contributed by atoms with van der Waals surface area (Å²) in [4.78, 5) is 24.8. The zero-order valence-electron chi connectivity index (χ0n) is 15.3. The lowest BCUT2D eigenvalue weighted by Gasteiger charge is -2.20. The molecule has 0 aliphatic rings. The van der Waals surface area contributed by atoms with Crippen LogP contribution in [0.15, 0.2) is 72.5 Å². The molecule has 2 amide bonds. The molecule has 0 atom stereocenters. The minimum Gasteiger partial charge on any atom is -0.368 e. The highest BCUT2D eigenvalue weighted by Crippen LogP contribution is 2.26. The van der Waals surface area contributed by atoms with Gasteiger partial charge in [0, 0.05) is 34.9 Å². The fourth-order valence-corrected chi connectivity index (χ4v) is 3.25. The van der Waals surface area contributed by atoms with Gasteiger partial charge in [-0.3, -0.25) is 9.59 Å². The summed E-state index contributed by atoms with van der Waals surface area (Å²) in [5.74, 6) is -1.04. The van der Waals surface area contributed by atoms with Crippen molar-refractivity contribution in [2.75, 3.05) is 6.54 Å². The van der Waals surface area contributed by atoms with Crippen LogP contribution >= 0.6 is 23.2 Å². The number of rotatable bonds is 7. The van der Waals surface area contributed by atoms with E-state index in [0.717, 1.165) is 27.9 Å². The van der Waals surface area contributed by atoms with Gasteiger partial charge >= 0.3 is 0 Å². The van der Waals surface area contributed by atoms with Crippen LogP contribution in [0.5, 0.6) is 0 Å². The smallest absolute Gasteiger partial charge is 0.248 e. The Hall–Kier alpha value is -3.09. The van der Waals surface area contributed by atoms with Crippen molar-refractivity contribution < 1.29 is 9.59 Å². The number of nitrogens with two attached hydrogens (primary N) is 1. The predicted molar refractivity (Wildman–Crippen MR) is 114 cm³/mol. The van der Waals surface area contributed by atoms with Crippen molar-refractivity contribution in [2.24, 2.45) is 5.73 Å². The van der Waals surface area contributed by atoms with Gasteiger partial charge < -0.3 is 10.6 Å². The number of primary amides is 1. The minimum absolute atomic E-state index is 0.156. The Morgan fingerprint density at radius 1 is 1.14 bits per heavy atom. The highest BCUT2D eigenvalue weighted by Gasteiger charge is 2.15. The molecule has 8 heteroatoms. The van der Waals surface area contributed by atoms with Crippen LogP contribution in [0.4, 0.5) is 0 Å². The Morgan fingerprint density at radius 3 is 2.59 bits per heavy atom. The Labute approximate surface area is 178 Å². The molecule has 3 rings (SSSR count). The average molecular weight is 429 g/mol. The number of benzene rings is 2. The van der Waals surface area contributed by atoms with Crippen molar-refractivity contribution in [3.63, 3.8) is 0 Å². The normalized spacial score (nSPS) is 11.0. The van der Waals surface area contributed by atoms with E-state index in [4.69, 9.17) is 28.9 Å². The lowest BCUT2D eigenvalue weighted by molar-refractivity contribution is -0.131. The fraction of sp³-hybridized carbons (Fsp3) is 0.0952. The molecule has 0 aliphatic heterocycles. The summed E-state index contributed by atoms with van der Waals surface area (Å²) >= 11 is 11.8. The van der Waals surface area contributed by atoms with E-state index in [1.165, 1.54) is 11.0 Å². The third-order valence-corrected chi connectivity index (χ3v) is 4.48. The molecular formula is C21H18Cl2N4O2. The second-order valence-corrected chi connectivity index (χ2v) is 7.00. The average Bonchev–Trinajstić information content (AvgIpc) is 3.18. The van der Waals surface area contributed by atoms with Crippen LogP contribution in [0.3, 0.4) is 0 Å². The van der Waals surface area contributed by atoms with Crippen LogP contribution in [-0.2, 0) is 16.1 Å². The maximum atomic E-state index is 12.2. The zero-order chi connectivity index (χ0) is 20.8. The maximum Gasteiger partial charge on any atom is 0.248 e. The van der Waals surface area contributed by atoms with E-state index >= 15 is 0 Å². The van der Waals surface area contributed by atoms with Gasteiger partial charge in [0.05, 0.1) is 18.4 Å². The first-order valence-corrected chi connectivity index (χ1v) is 9.51. The molecule has 1 aromatic heterocycles. The molecule has 6 nitrogen and oxygen atoms in total. The number of aromatic nitrogens is 2. The predicted octanol–water partition coefficient (Wildman–Crippen LogP) is 3.76. The van der Waals surface area contributed by atoms with Gasteiger partial charge in [-0.1, -0.05) is 41.4 Å². The number of carbonyl (C=O) groups is 2. The summed E-state index contributed by atoms with van der Waals surface area (Å²) in [5, 5.41) is 4.90. The van der Waals surface area contributed by atoms with Gasteiger partial charge in [-0.15, -0.1) is 0 Å². The molecule has 2 aromatic carbocycles. The van der Waals surface area contributed by atoms with E-state index in [1.54, 1.807) is 16.9 Å². The second-order valence-electron chi connectivity index (χ2n) is 6.31. The molecule has 0 bridgehead atoms. The van der Waals surface area contributed by atoms with Crippen LogP contribution in [0.25, 0.3) is 16.8 Å². The summed E-state index contributed by atoms with van der Waals surface area (Å²) in [7, 11) is 0. The molecule has 3 aromatic rings. The molecule has 0 unspecified atom stereocenters. The van der Waals surface area contributed by atoms with Crippen LogP contribution < -0.4 is 5.73 Å². The standard InChI is InChI=1S/C21H18Cl2N4O2/c22-7-6-21(29)26(14-20(24)28)12-15-8-16(10-18(23)9-15)17-11-25-27(13-17)19-4-2-1-3-5-19/h1-11,13H,12,14H2,(H2,24,28)/b7-6-. The Kier molecular flexibility index (Phi) is 6.69. The van der Waals surface area contributed by atoms with Gasteiger partial charge in [-0.25, -0.2) is 4.68 Å². The van der Waals surface area contributed by atoms with E-state index < -0.39 is 11.8 Å². The summed E-state index contributed by atoms with van der Waals surface area (Å²) < 4.78 is 1.77. The van der Waals surface area contributed by atoms with Crippen molar-refractivity contribution in [1.82, 2.24) is 14.7 Å². The van der Waals surface area contributed by atoms with Crippen molar-refractivity contribution in [3.8, 4) is 16.8 Å². The van der Waals surface area contributed by atoms with Gasteiger partial charge in [0.15, 0.2) is 0 Å². The van der Waals surface area contributed by atoms with Crippen LogP contribution in [0.2, 0.25) is 5.02 Å². The Bertz CT molecular complexity index is 1050. The zero-order valence-corrected chi connectivity index (χ0v) is 16.8. The Balaban J connectivity index is 1.89. The van der Waals surface area contributed by atoms with Crippen molar-refractivity contribution in [2.45, 2.75) is 6.54 Å². The third kappa shape index (κ3) is 5.47. The number of para-hydroxylation sites is 1. The van der Waals surface area contributed by atoms with Gasteiger partial charge in [0.1, 0.15) is 0 Å². The number of carbonyl (C=O) groups excluding carboxylic acids is 2. The van der Waals surface area contributed by atoms with E-state index in [2.05, 4.69) is 5.10 Å². The van der Waals surface area contributed by atoms with Crippen LogP contribution in [0, 0.1) is 0 Å². The molecule has 148 valence electrons. The molecule has 0 aliphatic carbocycles. The number of hydrogen-bond donors (Lipinski definition) is 1. The van der Waals surface area contributed by atoms with Crippen molar-refractivity contribution >= 4 is 35.0 Å².